The van der Waals surface area contributed by atoms with E-state index in [0.717, 1.165) is 42.0 Å². The van der Waals surface area contributed by atoms with E-state index in [1.165, 1.54) is 0 Å². The normalized spacial score (nSPS) is 22.4. The lowest BCUT2D eigenvalue weighted by molar-refractivity contribution is -0.120. The zero-order valence-corrected chi connectivity index (χ0v) is 12.7. The molecule has 2 N–H and O–H groups in total. The lowest BCUT2D eigenvalue weighted by atomic mass is 9.92. The smallest absolute Gasteiger partial charge is 0.227 e. The van der Waals surface area contributed by atoms with Gasteiger partial charge in [-0.2, -0.15) is 0 Å². The summed E-state index contributed by atoms with van der Waals surface area (Å²) in [4.78, 5) is 12.4. The fourth-order valence-electron chi connectivity index (χ4n) is 2.88. The van der Waals surface area contributed by atoms with Crippen molar-refractivity contribution in [3.8, 4) is 5.75 Å². The number of benzene rings is 1. The van der Waals surface area contributed by atoms with E-state index in [9.17, 15) is 4.79 Å². The highest BCUT2D eigenvalue weighted by Gasteiger charge is 2.25. The minimum atomic E-state index is 0.0953. The Kier molecular flexibility index (Phi) is 4.65. The summed E-state index contributed by atoms with van der Waals surface area (Å²) < 4.78 is 5.40. The maximum absolute atomic E-state index is 12.4. The molecule has 0 aromatic heterocycles. The maximum Gasteiger partial charge on any atom is 0.227 e. The number of rotatable bonds is 3. The maximum atomic E-state index is 12.4. The second-order valence-corrected chi connectivity index (χ2v) is 5.65. The SMILES string of the molecule is COc1c(C)ccc(NC(=O)[C@H]2CCN[C@@H](C)C2)c1C. The van der Waals surface area contributed by atoms with Crippen molar-refractivity contribution >= 4 is 11.6 Å². The largest absolute Gasteiger partial charge is 0.496 e. The Labute approximate surface area is 120 Å². The molecule has 0 bridgehead atoms. The molecule has 20 heavy (non-hydrogen) atoms. The van der Waals surface area contributed by atoms with Gasteiger partial charge in [-0.15, -0.1) is 0 Å². The number of anilines is 1. The first-order chi connectivity index (χ1) is 9.52. The fraction of sp³-hybridized carbons (Fsp3) is 0.562. The Morgan fingerprint density at radius 1 is 1.40 bits per heavy atom. The third-order valence-electron chi connectivity index (χ3n) is 4.06. The number of carbonyl (C=O) groups excluding carboxylic acids is 1. The van der Waals surface area contributed by atoms with Crippen LogP contribution in [0.5, 0.6) is 5.75 Å². The van der Waals surface area contributed by atoms with Crippen molar-refractivity contribution in [1.82, 2.24) is 5.32 Å². The van der Waals surface area contributed by atoms with E-state index in [-0.39, 0.29) is 11.8 Å². The molecule has 2 atom stereocenters. The van der Waals surface area contributed by atoms with Gasteiger partial charge in [0, 0.05) is 23.2 Å². The monoisotopic (exact) mass is 276 g/mol. The third kappa shape index (κ3) is 3.12. The van der Waals surface area contributed by atoms with Gasteiger partial charge in [-0.25, -0.2) is 0 Å². The Morgan fingerprint density at radius 2 is 2.15 bits per heavy atom. The molecular weight excluding hydrogens is 252 g/mol. The van der Waals surface area contributed by atoms with Crippen molar-refractivity contribution in [3.05, 3.63) is 23.3 Å². The summed E-state index contributed by atoms with van der Waals surface area (Å²) in [5.41, 5.74) is 2.92. The quantitative estimate of drug-likeness (QED) is 0.892. The highest BCUT2D eigenvalue weighted by atomic mass is 16.5. The van der Waals surface area contributed by atoms with Crippen LogP contribution in [0.25, 0.3) is 0 Å². The fourth-order valence-corrected chi connectivity index (χ4v) is 2.88. The van der Waals surface area contributed by atoms with Gasteiger partial charge in [-0.3, -0.25) is 4.79 Å². The van der Waals surface area contributed by atoms with Gasteiger partial charge in [0.1, 0.15) is 5.75 Å². The van der Waals surface area contributed by atoms with Gasteiger partial charge in [0.15, 0.2) is 0 Å². The Bertz CT molecular complexity index is 499. The average molecular weight is 276 g/mol. The van der Waals surface area contributed by atoms with Crippen LogP contribution in [0.15, 0.2) is 12.1 Å². The van der Waals surface area contributed by atoms with Gasteiger partial charge in [0.05, 0.1) is 7.11 Å². The van der Waals surface area contributed by atoms with Crippen molar-refractivity contribution in [1.29, 1.82) is 0 Å². The summed E-state index contributed by atoms with van der Waals surface area (Å²) in [6.07, 6.45) is 1.80. The van der Waals surface area contributed by atoms with Gasteiger partial charge in [0.2, 0.25) is 5.91 Å². The second-order valence-electron chi connectivity index (χ2n) is 5.65. The molecule has 0 unspecified atom stereocenters. The molecule has 1 aromatic carbocycles. The molecule has 0 saturated carbocycles. The van der Waals surface area contributed by atoms with Gasteiger partial charge < -0.3 is 15.4 Å². The third-order valence-corrected chi connectivity index (χ3v) is 4.06. The predicted molar refractivity (Wildman–Crippen MR) is 81.3 cm³/mol. The topological polar surface area (TPSA) is 50.4 Å². The molecule has 1 aromatic rings. The molecule has 0 spiro atoms. The number of methoxy groups -OCH3 is 1. The summed E-state index contributed by atoms with van der Waals surface area (Å²) in [5.74, 6) is 1.06. The minimum absolute atomic E-state index is 0.0953. The van der Waals surface area contributed by atoms with E-state index in [0.29, 0.717) is 6.04 Å². The van der Waals surface area contributed by atoms with Gasteiger partial charge in [-0.05, 0) is 51.8 Å². The summed E-state index contributed by atoms with van der Waals surface area (Å²) in [6, 6.07) is 4.34. The highest BCUT2D eigenvalue weighted by molar-refractivity contribution is 5.93. The first-order valence-electron chi connectivity index (χ1n) is 7.21. The Morgan fingerprint density at radius 3 is 2.80 bits per heavy atom. The van der Waals surface area contributed by atoms with Crippen molar-refractivity contribution in [2.45, 2.75) is 39.7 Å². The first kappa shape index (κ1) is 14.9. The number of ether oxygens (including phenoxy) is 1. The molecule has 4 nitrogen and oxygen atoms in total. The molecule has 1 aliphatic heterocycles. The average Bonchev–Trinajstić information content (AvgIpc) is 2.42. The van der Waals surface area contributed by atoms with Crippen LogP contribution >= 0.6 is 0 Å². The van der Waals surface area contributed by atoms with E-state index < -0.39 is 0 Å². The summed E-state index contributed by atoms with van der Waals surface area (Å²) in [6.45, 7) is 7.02. The standard InChI is InChI=1S/C16H24N2O2/c1-10-5-6-14(12(3)15(10)20-4)18-16(19)13-7-8-17-11(2)9-13/h5-6,11,13,17H,7-9H2,1-4H3,(H,18,19)/t11-,13-/m0/s1. The summed E-state index contributed by atoms with van der Waals surface area (Å²) >= 11 is 0. The molecular formula is C16H24N2O2. The lowest BCUT2D eigenvalue weighted by Gasteiger charge is -2.27. The highest BCUT2D eigenvalue weighted by Crippen LogP contribution is 2.30. The van der Waals surface area contributed by atoms with Crippen LogP contribution in [0.2, 0.25) is 0 Å². The van der Waals surface area contributed by atoms with Crippen LogP contribution in [-0.2, 0) is 4.79 Å². The number of piperidine rings is 1. The van der Waals surface area contributed by atoms with Crippen LogP contribution in [0.1, 0.15) is 30.9 Å². The number of amides is 1. The number of carbonyl (C=O) groups is 1. The van der Waals surface area contributed by atoms with Crippen LogP contribution < -0.4 is 15.4 Å². The molecule has 1 aliphatic rings. The molecule has 1 fully saturated rings. The molecule has 1 amide bonds. The Balaban J connectivity index is 2.11. The Hall–Kier alpha value is -1.55. The zero-order valence-electron chi connectivity index (χ0n) is 12.7. The summed E-state index contributed by atoms with van der Waals surface area (Å²) in [5, 5.41) is 6.42. The van der Waals surface area contributed by atoms with E-state index in [1.807, 2.05) is 26.0 Å². The zero-order chi connectivity index (χ0) is 14.7. The molecule has 1 heterocycles. The van der Waals surface area contributed by atoms with Crippen molar-refractivity contribution in [2.75, 3.05) is 19.0 Å². The summed E-state index contributed by atoms with van der Waals surface area (Å²) in [7, 11) is 1.66. The van der Waals surface area contributed by atoms with E-state index in [4.69, 9.17) is 4.74 Å². The minimum Gasteiger partial charge on any atom is -0.496 e. The van der Waals surface area contributed by atoms with Gasteiger partial charge in [0.25, 0.3) is 0 Å². The molecule has 4 heteroatoms. The van der Waals surface area contributed by atoms with Crippen molar-refractivity contribution in [2.24, 2.45) is 5.92 Å². The number of nitrogens with one attached hydrogen (secondary N) is 2. The second kappa shape index (κ2) is 6.27. The van der Waals surface area contributed by atoms with Crippen molar-refractivity contribution in [3.63, 3.8) is 0 Å². The van der Waals surface area contributed by atoms with E-state index in [1.54, 1.807) is 7.11 Å². The molecule has 110 valence electrons. The van der Waals surface area contributed by atoms with Gasteiger partial charge in [-0.1, -0.05) is 6.07 Å². The van der Waals surface area contributed by atoms with Crippen LogP contribution in [0.4, 0.5) is 5.69 Å². The molecule has 2 rings (SSSR count). The van der Waals surface area contributed by atoms with Crippen LogP contribution in [0, 0.1) is 19.8 Å². The molecule has 0 aliphatic carbocycles. The van der Waals surface area contributed by atoms with Crippen molar-refractivity contribution < 1.29 is 9.53 Å². The van der Waals surface area contributed by atoms with E-state index >= 15 is 0 Å². The number of hydrogen-bond donors (Lipinski definition) is 2. The lowest BCUT2D eigenvalue weighted by Crippen LogP contribution is -2.40. The van der Waals surface area contributed by atoms with E-state index in [2.05, 4.69) is 17.6 Å². The molecule has 1 saturated heterocycles. The molecule has 0 radical (unpaired) electrons. The number of aryl methyl sites for hydroxylation is 1. The number of hydrogen-bond acceptors (Lipinski definition) is 3. The van der Waals surface area contributed by atoms with Crippen LogP contribution in [0.3, 0.4) is 0 Å². The van der Waals surface area contributed by atoms with Crippen LogP contribution in [-0.4, -0.2) is 25.6 Å². The first-order valence-corrected chi connectivity index (χ1v) is 7.21. The predicted octanol–water partition coefficient (Wildman–Crippen LogP) is 2.64. The van der Waals surface area contributed by atoms with Gasteiger partial charge >= 0.3 is 0 Å².